The van der Waals surface area contributed by atoms with Crippen LogP contribution in [0.3, 0.4) is 0 Å². The summed E-state index contributed by atoms with van der Waals surface area (Å²) in [6.45, 7) is -0.319. The number of benzene rings is 2. The Morgan fingerprint density at radius 1 is 0.958 bits per heavy atom. The largest absolute Gasteiger partial charge is 0.573 e. The van der Waals surface area contributed by atoms with Gasteiger partial charge < -0.3 is 4.74 Å². The SMILES string of the molecule is O=S(=O)(NCc1ccc(F)c(F)c1)c1ccc(OC(F)(F)F)cc1. The van der Waals surface area contributed by atoms with E-state index in [9.17, 15) is 30.4 Å². The van der Waals surface area contributed by atoms with Crippen molar-refractivity contribution in [3.8, 4) is 5.75 Å². The molecule has 2 aromatic carbocycles. The fraction of sp³-hybridized carbons (Fsp3) is 0.143. The quantitative estimate of drug-likeness (QED) is 0.825. The average Bonchev–Trinajstić information content (AvgIpc) is 2.47. The second-order valence-corrected chi connectivity index (χ2v) is 6.36. The number of ether oxygens (including phenoxy) is 1. The smallest absolute Gasteiger partial charge is 0.406 e. The molecule has 0 bridgehead atoms. The third kappa shape index (κ3) is 4.90. The van der Waals surface area contributed by atoms with E-state index in [1.54, 1.807) is 0 Å². The minimum atomic E-state index is -4.88. The minimum Gasteiger partial charge on any atom is -0.406 e. The Kier molecular flexibility index (Phi) is 5.09. The van der Waals surface area contributed by atoms with Gasteiger partial charge in [0.05, 0.1) is 4.90 Å². The molecule has 0 unspecified atom stereocenters. The van der Waals surface area contributed by atoms with Crippen LogP contribution >= 0.6 is 0 Å². The van der Waals surface area contributed by atoms with E-state index in [1.807, 2.05) is 0 Å². The summed E-state index contributed by atoms with van der Waals surface area (Å²) in [5.74, 6) is -2.76. The topological polar surface area (TPSA) is 55.4 Å². The number of alkyl halides is 3. The van der Waals surface area contributed by atoms with Gasteiger partial charge in [0.25, 0.3) is 0 Å². The van der Waals surface area contributed by atoms with Crippen molar-refractivity contribution in [1.29, 1.82) is 0 Å². The summed E-state index contributed by atoms with van der Waals surface area (Å²) in [4.78, 5) is -0.306. The highest BCUT2D eigenvalue weighted by molar-refractivity contribution is 7.89. The molecule has 1 N–H and O–H groups in total. The Morgan fingerprint density at radius 3 is 2.12 bits per heavy atom. The number of hydrogen-bond acceptors (Lipinski definition) is 3. The van der Waals surface area contributed by atoms with Gasteiger partial charge >= 0.3 is 6.36 Å². The van der Waals surface area contributed by atoms with E-state index < -0.39 is 33.8 Å². The third-order valence-electron chi connectivity index (χ3n) is 2.82. The molecule has 2 aromatic rings. The zero-order valence-electron chi connectivity index (χ0n) is 11.8. The van der Waals surface area contributed by atoms with E-state index in [0.717, 1.165) is 36.4 Å². The summed E-state index contributed by atoms with van der Waals surface area (Å²) < 4.78 is 91.7. The lowest BCUT2D eigenvalue weighted by Crippen LogP contribution is -2.23. The van der Waals surface area contributed by atoms with Crippen molar-refractivity contribution in [2.24, 2.45) is 0 Å². The molecule has 2 rings (SSSR count). The van der Waals surface area contributed by atoms with Gasteiger partial charge in [0, 0.05) is 6.54 Å². The van der Waals surface area contributed by atoms with E-state index in [2.05, 4.69) is 9.46 Å². The number of hydrogen-bond donors (Lipinski definition) is 1. The van der Waals surface area contributed by atoms with Crippen LogP contribution in [0, 0.1) is 11.6 Å². The minimum absolute atomic E-state index is 0.175. The van der Waals surface area contributed by atoms with E-state index in [-0.39, 0.29) is 17.0 Å². The van der Waals surface area contributed by atoms with E-state index in [1.165, 1.54) is 6.07 Å². The molecular formula is C14H10F5NO3S. The molecule has 10 heteroatoms. The molecule has 0 fully saturated rings. The average molecular weight is 367 g/mol. The van der Waals surface area contributed by atoms with Crippen LogP contribution in [0.5, 0.6) is 5.75 Å². The van der Waals surface area contributed by atoms with Gasteiger partial charge in [-0.2, -0.15) is 0 Å². The number of sulfonamides is 1. The van der Waals surface area contributed by atoms with Crippen LogP contribution in [0.25, 0.3) is 0 Å². The fourth-order valence-electron chi connectivity index (χ4n) is 1.73. The summed E-state index contributed by atoms with van der Waals surface area (Å²) >= 11 is 0. The number of nitrogens with one attached hydrogen (secondary N) is 1. The van der Waals surface area contributed by atoms with Crippen molar-refractivity contribution in [1.82, 2.24) is 4.72 Å². The molecule has 0 radical (unpaired) electrons. The van der Waals surface area contributed by atoms with Gasteiger partial charge in [-0.05, 0) is 42.0 Å². The van der Waals surface area contributed by atoms with Gasteiger partial charge in [-0.1, -0.05) is 6.07 Å². The van der Waals surface area contributed by atoms with Crippen molar-refractivity contribution < 1.29 is 35.1 Å². The normalized spacial score (nSPS) is 12.2. The molecule has 0 heterocycles. The van der Waals surface area contributed by atoms with Crippen LogP contribution in [0.4, 0.5) is 22.0 Å². The maximum Gasteiger partial charge on any atom is 0.573 e. The van der Waals surface area contributed by atoms with E-state index >= 15 is 0 Å². The molecule has 0 aromatic heterocycles. The summed E-state index contributed by atoms with van der Waals surface area (Å²) in [5.41, 5.74) is 0.175. The van der Waals surface area contributed by atoms with Crippen LogP contribution in [0.2, 0.25) is 0 Å². The summed E-state index contributed by atoms with van der Waals surface area (Å²) in [6, 6.07) is 6.42. The molecule has 0 saturated carbocycles. The highest BCUT2D eigenvalue weighted by Crippen LogP contribution is 2.23. The second kappa shape index (κ2) is 6.73. The first-order chi connectivity index (χ1) is 11.1. The Hall–Kier alpha value is -2.20. The van der Waals surface area contributed by atoms with Gasteiger partial charge in [-0.15, -0.1) is 13.2 Å². The maximum atomic E-state index is 13.0. The maximum absolute atomic E-state index is 13.0. The molecule has 0 spiro atoms. The molecule has 0 amide bonds. The van der Waals surface area contributed by atoms with Gasteiger partial charge in [0.1, 0.15) is 5.75 Å². The van der Waals surface area contributed by atoms with Crippen molar-refractivity contribution in [2.45, 2.75) is 17.8 Å². The molecule has 0 aliphatic heterocycles. The van der Waals surface area contributed by atoms with Crippen molar-refractivity contribution in [2.75, 3.05) is 0 Å². The monoisotopic (exact) mass is 367 g/mol. The molecule has 0 atom stereocenters. The zero-order valence-corrected chi connectivity index (χ0v) is 12.6. The van der Waals surface area contributed by atoms with Crippen LogP contribution in [0.1, 0.15) is 5.56 Å². The lowest BCUT2D eigenvalue weighted by molar-refractivity contribution is -0.274. The van der Waals surface area contributed by atoms with E-state index in [0.29, 0.717) is 0 Å². The van der Waals surface area contributed by atoms with Crippen LogP contribution in [-0.2, 0) is 16.6 Å². The summed E-state index contributed by atoms with van der Waals surface area (Å²) in [5, 5.41) is 0. The standard InChI is InChI=1S/C14H10F5NO3S/c15-12-6-1-9(7-13(12)16)8-20-24(21,22)11-4-2-10(3-5-11)23-14(17,18)19/h1-7,20H,8H2. The first kappa shape index (κ1) is 18.1. The van der Waals surface area contributed by atoms with Gasteiger partial charge in [-0.25, -0.2) is 21.9 Å². The van der Waals surface area contributed by atoms with Gasteiger partial charge in [-0.3, -0.25) is 0 Å². The molecular weight excluding hydrogens is 357 g/mol. The Balaban J connectivity index is 2.08. The van der Waals surface area contributed by atoms with Gasteiger partial charge in [0.15, 0.2) is 11.6 Å². The molecule has 0 saturated heterocycles. The van der Waals surface area contributed by atoms with Gasteiger partial charge in [0.2, 0.25) is 10.0 Å². The van der Waals surface area contributed by atoms with E-state index in [4.69, 9.17) is 0 Å². The van der Waals surface area contributed by atoms with Crippen molar-refractivity contribution in [3.63, 3.8) is 0 Å². The van der Waals surface area contributed by atoms with Crippen molar-refractivity contribution >= 4 is 10.0 Å². The Bertz CT molecular complexity index is 819. The number of halogens is 5. The molecule has 130 valence electrons. The lowest BCUT2D eigenvalue weighted by Gasteiger charge is -2.10. The van der Waals surface area contributed by atoms with Crippen molar-refractivity contribution in [3.05, 3.63) is 59.7 Å². The highest BCUT2D eigenvalue weighted by atomic mass is 32.2. The second-order valence-electron chi connectivity index (χ2n) is 4.59. The predicted molar refractivity (Wildman–Crippen MR) is 73.5 cm³/mol. The molecule has 4 nitrogen and oxygen atoms in total. The van der Waals surface area contributed by atoms with Crippen LogP contribution < -0.4 is 9.46 Å². The molecule has 0 aliphatic rings. The summed E-state index contributed by atoms with van der Waals surface area (Å²) in [7, 11) is -4.04. The number of rotatable bonds is 5. The third-order valence-corrected chi connectivity index (χ3v) is 4.24. The van der Waals surface area contributed by atoms with Crippen LogP contribution in [0.15, 0.2) is 47.4 Å². The Labute approximate surface area is 133 Å². The molecule has 24 heavy (non-hydrogen) atoms. The highest BCUT2D eigenvalue weighted by Gasteiger charge is 2.31. The molecule has 0 aliphatic carbocycles. The first-order valence-electron chi connectivity index (χ1n) is 6.36. The summed E-state index contributed by atoms with van der Waals surface area (Å²) in [6.07, 6.45) is -4.88. The lowest BCUT2D eigenvalue weighted by atomic mass is 10.2. The van der Waals surface area contributed by atoms with Crippen LogP contribution in [-0.4, -0.2) is 14.8 Å². The predicted octanol–water partition coefficient (Wildman–Crippen LogP) is 3.34. The fourth-order valence-corrected chi connectivity index (χ4v) is 2.75. The first-order valence-corrected chi connectivity index (χ1v) is 7.84. The Morgan fingerprint density at radius 2 is 1.58 bits per heavy atom. The zero-order chi connectivity index (χ0) is 18.0.